The summed E-state index contributed by atoms with van der Waals surface area (Å²) in [7, 11) is 0. The fourth-order valence-electron chi connectivity index (χ4n) is 3.58. The zero-order valence-electron chi connectivity index (χ0n) is 13.6. The van der Waals surface area contributed by atoms with Crippen LogP contribution in [0.1, 0.15) is 31.2 Å². The van der Waals surface area contributed by atoms with Gasteiger partial charge in [-0.2, -0.15) is 0 Å². The molecular weight excluding hydrogens is 378 g/mol. The summed E-state index contributed by atoms with van der Waals surface area (Å²) in [5, 5.41) is 0. The van der Waals surface area contributed by atoms with Crippen molar-refractivity contribution in [2.75, 3.05) is 32.9 Å². The van der Waals surface area contributed by atoms with Crippen molar-refractivity contribution in [2.24, 2.45) is 0 Å². The molecule has 2 atom stereocenters. The van der Waals surface area contributed by atoms with Gasteiger partial charge in [0.15, 0.2) is 0 Å². The van der Waals surface area contributed by atoms with E-state index in [0.29, 0.717) is 12.1 Å². The lowest BCUT2D eigenvalue weighted by Crippen LogP contribution is -2.51. The normalized spacial score (nSPS) is 25.8. The molecule has 0 aromatic heterocycles. The third-order valence-electron chi connectivity index (χ3n) is 4.82. The smallest absolute Gasteiger partial charge is 0.0730 e. The predicted molar refractivity (Wildman–Crippen MR) is 99.5 cm³/mol. The number of halogens is 2. The molecule has 3 nitrogen and oxygen atoms in total. The summed E-state index contributed by atoms with van der Waals surface area (Å²) in [4.78, 5) is 2.59. The van der Waals surface area contributed by atoms with Crippen molar-refractivity contribution in [3.8, 4) is 0 Å². The van der Waals surface area contributed by atoms with Gasteiger partial charge in [0.1, 0.15) is 0 Å². The highest BCUT2D eigenvalue weighted by Gasteiger charge is 2.31. The molecule has 0 bridgehead atoms. The summed E-state index contributed by atoms with van der Waals surface area (Å²) in [6.07, 6.45) is 6.55. The van der Waals surface area contributed by atoms with E-state index in [2.05, 4.69) is 45.1 Å². The summed E-state index contributed by atoms with van der Waals surface area (Å²) >= 11 is 3.48. The van der Waals surface area contributed by atoms with Gasteiger partial charge in [-0.1, -0.05) is 40.9 Å². The highest BCUT2D eigenvalue weighted by atomic mass is 79.9. The van der Waals surface area contributed by atoms with Crippen LogP contribution in [0, 0.1) is 0 Å². The van der Waals surface area contributed by atoms with Crippen molar-refractivity contribution < 1.29 is 9.47 Å². The molecule has 130 valence electrons. The van der Waals surface area contributed by atoms with E-state index in [4.69, 9.17) is 9.47 Å². The minimum atomic E-state index is 0. The first-order valence-electron chi connectivity index (χ1n) is 8.51. The molecule has 2 aliphatic rings. The number of hydrogen-bond donors (Lipinski definition) is 0. The predicted octanol–water partition coefficient (Wildman–Crippen LogP) is 4.07. The zero-order chi connectivity index (χ0) is 15.2. The van der Waals surface area contributed by atoms with Crippen LogP contribution >= 0.6 is 28.3 Å². The first-order chi connectivity index (χ1) is 10.8. The maximum Gasteiger partial charge on any atom is 0.0730 e. The van der Waals surface area contributed by atoms with Crippen molar-refractivity contribution in [1.29, 1.82) is 0 Å². The molecule has 0 unspecified atom stereocenters. The maximum absolute atomic E-state index is 6.29. The van der Waals surface area contributed by atoms with Crippen LogP contribution in [0.5, 0.6) is 0 Å². The average Bonchev–Trinajstić information content (AvgIpc) is 2.58. The van der Waals surface area contributed by atoms with Crippen LogP contribution < -0.4 is 0 Å². The molecule has 0 radical (unpaired) electrons. The molecule has 1 aromatic rings. The van der Waals surface area contributed by atoms with E-state index < -0.39 is 0 Å². The molecular formula is C18H27BrClNO2. The maximum atomic E-state index is 6.29. The van der Waals surface area contributed by atoms with E-state index in [-0.39, 0.29) is 12.4 Å². The molecule has 1 saturated carbocycles. The van der Waals surface area contributed by atoms with Gasteiger partial charge in [0.05, 0.1) is 25.9 Å². The summed E-state index contributed by atoms with van der Waals surface area (Å²) in [6, 6.07) is 9.16. The van der Waals surface area contributed by atoms with Crippen LogP contribution in [-0.4, -0.2) is 50.0 Å². The summed E-state index contributed by atoms with van der Waals surface area (Å²) in [6.45, 7) is 4.71. The summed E-state index contributed by atoms with van der Waals surface area (Å²) in [5.74, 6) is 0. The molecule has 1 saturated heterocycles. The molecule has 1 aliphatic heterocycles. The van der Waals surface area contributed by atoms with E-state index in [1.165, 1.54) is 31.2 Å². The molecule has 2 fully saturated rings. The van der Waals surface area contributed by atoms with Crippen LogP contribution in [0.15, 0.2) is 28.7 Å². The zero-order valence-corrected chi connectivity index (χ0v) is 16.0. The van der Waals surface area contributed by atoms with E-state index >= 15 is 0 Å². The Morgan fingerprint density at radius 3 is 2.52 bits per heavy atom. The fraction of sp³-hybridized carbons (Fsp3) is 0.667. The monoisotopic (exact) mass is 403 g/mol. The summed E-state index contributed by atoms with van der Waals surface area (Å²) < 4.78 is 12.9. The second kappa shape index (κ2) is 10.00. The highest BCUT2D eigenvalue weighted by molar-refractivity contribution is 9.10. The van der Waals surface area contributed by atoms with Crippen molar-refractivity contribution in [3.05, 3.63) is 34.3 Å². The van der Waals surface area contributed by atoms with E-state index in [1.54, 1.807) is 0 Å². The molecule has 1 aliphatic carbocycles. The van der Waals surface area contributed by atoms with Crippen LogP contribution in [0.4, 0.5) is 0 Å². The van der Waals surface area contributed by atoms with E-state index in [0.717, 1.165) is 43.8 Å². The summed E-state index contributed by atoms with van der Waals surface area (Å²) in [5.41, 5.74) is 1.35. The number of ether oxygens (including phenoxy) is 2. The van der Waals surface area contributed by atoms with Crippen molar-refractivity contribution >= 4 is 28.3 Å². The third kappa shape index (κ3) is 5.71. The van der Waals surface area contributed by atoms with Gasteiger partial charge in [0, 0.05) is 23.6 Å². The van der Waals surface area contributed by atoms with Crippen LogP contribution in [-0.2, 0) is 15.9 Å². The Kier molecular flexibility index (Phi) is 8.34. The van der Waals surface area contributed by atoms with Crippen molar-refractivity contribution in [2.45, 2.75) is 44.2 Å². The lowest BCUT2D eigenvalue weighted by Gasteiger charge is -2.41. The van der Waals surface area contributed by atoms with Crippen molar-refractivity contribution in [1.82, 2.24) is 4.90 Å². The van der Waals surface area contributed by atoms with Crippen molar-refractivity contribution in [3.63, 3.8) is 0 Å². The van der Waals surface area contributed by atoms with Gasteiger partial charge in [0.25, 0.3) is 0 Å². The third-order valence-corrected chi connectivity index (χ3v) is 5.35. The minimum Gasteiger partial charge on any atom is -0.379 e. The molecule has 1 heterocycles. The van der Waals surface area contributed by atoms with Gasteiger partial charge in [0.2, 0.25) is 0 Å². The lowest BCUT2D eigenvalue weighted by atomic mass is 9.91. The largest absolute Gasteiger partial charge is 0.379 e. The molecule has 1 aromatic carbocycles. The molecule has 0 amide bonds. The SMILES string of the molecule is Brc1ccc(CCO[C@@H]2CCCC[C@@H]2N2CCOCC2)cc1.Cl. The average molecular weight is 405 g/mol. The number of nitrogens with zero attached hydrogens (tertiary/aromatic N) is 1. The Morgan fingerprint density at radius 2 is 1.78 bits per heavy atom. The van der Waals surface area contributed by atoms with Crippen LogP contribution in [0.2, 0.25) is 0 Å². The first-order valence-corrected chi connectivity index (χ1v) is 9.30. The topological polar surface area (TPSA) is 21.7 Å². The van der Waals surface area contributed by atoms with Crippen LogP contribution in [0.3, 0.4) is 0 Å². The first kappa shape index (κ1) is 19.2. The standard InChI is InChI=1S/C18H26BrNO2.ClH/c19-16-7-5-15(6-8-16)9-12-22-18-4-2-1-3-17(18)20-10-13-21-14-11-20;/h5-8,17-18H,1-4,9-14H2;1H/t17-,18+;/m0./s1. The fourth-order valence-corrected chi connectivity index (χ4v) is 3.84. The van der Waals surface area contributed by atoms with E-state index in [9.17, 15) is 0 Å². The molecule has 5 heteroatoms. The van der Waals surface area contributed by atoms with Gasteiger partial charge >= 0.3 is 0 Å². The lowest BCUT2D eigenvalue weighted by molar-refractivity contribution is -0.0647. The number of rotatable bonds is 5. The van der Waals surface area contributed by atoms with Gasteiger partial charge in [-0.15, -0.1) is 12.4 Å². The van der Waals surface area contributed by atoms with Gasteiger partial charge in [-0.05, 0) is 37.0 Å². The molecule has 3 rings (SSSR count). The second-order valence-corrected chi connectivity index (χ2v) is 7.20. The molecule has 0 N–H and O–H groups in total. The minimum absolute atomic E-state index is 0. The number of morpholine rings is 1. The second-order valence-electron chi connectivity index (χ2n) is 6.29. The Labute approximate surface area is 154 Å². The number of hydrogen-bond acceptors (Lipinski definition) is 3. The highest BCUT2D eigenvalue weighted by Crippen LogP contribution is 2.26. The Hall–Kier alpha value is -0.130. The van der Waals surface area contributed by atoms with Crippen LogP contribution in [0.25, 0.3) is 0 Å². The van der Waals surface area contributed by atoms with Gasteiger partial charge in [-0.3, -0.25) is 4.90 Å². The number of benzene rings is 1. The molecule has 23 heavy (non-hydrogen) atoms. The van der Waals surface area contributed by atoms with E-state index in [1.807, 2.05) is 0 Å². The van der Waals surface area contributed by atoms with Gasteiger partial charge in [-0.25, -0.2) is 0 Å². The Balaban J connectivity index is 0.00000192. The van der Waals surface area contributed by atoms with Gasteiger partial charge < -0.3 is 9.47 Å². The Morgan fingerprint density at radius 1 is 1.09 bits per heavy atom. The quantitative estimate of drug-likeness (QED) is 0.738. The Bertz CT molecular complexity index is 451. The molecule has 0 spiro atoms.